The number of guanidine groups is 1. The second kappa shape index (κ2) is 10.9. The molecule has 0 radical (unpaired) electrons. The molecular formula is C22H34IN5O2. The van der Waals surface area contributed by atoms with Gasteiger partial charge in [-0.2, -0.15) is 0 Å². The number of hydrogen-bond donors (Lipinski definition) is 1. The van der Waals surface area contributed by atoms with E-state index < -0.39 is 0 Å². The smallest absolute Gasteiger partial charge is 0.216 e. The van der Waals surface area contributed by atoms with Crippen molar-refractivity contribution in [3.63, 3.8) is 0 Å². The minimum Gasteiger partial charge on any atom is -0.497 e. The number of nitrogens with zero attached hydrogens (tertiary/aromatic N) is 4. The molecule has 0 saturated carbocycles. The number of aromatic nitrogens is 1. The number of rotatable bonds is 5. The van der Waals surface area contributed by atoms with Crippen LogP contribution >= 0.6 is 24.0 Å². The minimum absolute atomic E-state index is 0. The molecule has 0 spiro atoms. The Hall–Kier alpha value is -1.97. The van der Waals surface area contributed by atoms with Crippen LogP contribution in [0.3, 0.4) is 0 Å². The van der Waals surface area contributed by atoms with Crippen molar-refractivity contribution in [3.8, 4) is 5.75 Å². The summed E-state index contributed by atoms with van der Waals surface area (Å²) in [5.74, 6) is 3.34. The van der Waals surface area contributed by atoms with E-state index in [0.29, 0.717) is 12.4 Å². The fourth-order valence-corrected chi connectivity index (χ4v) is 3.27. The van der Waals surface area contributed by atoms with Gasteiger partial charge in [-0.15, -0.1) is 24.0 Å². The lowest BCUT2D eigenvalue weighted by Gasteiger charge is -2.37. The maximum atomic E-state index is 5.87. The summed E-state index contributed by atoms with van der Waals surface area (Å²) in [5, 5.41) is 3.40. The van der Waals surface area contributed by atoms with E-state index in [4.69, 9.17) is 14.1 Å². The molecule has 0 bridgehead atoms. The molecule has 1 aromatic carbocycles. The number of nitrogens with one attached hydrogen (secondary N) is 1. The fourth-order valence-electron chi connectivity index (χ4n) is 3.27. The number of methoxy groups -OCH3 is 1. The summed E-state index contributed by atoms with van der Waals surface area (Å²) in [6, 6.07) is 8.25. The van der Waals surface area contributed by atoms with Crippen molar-refractivity contribution in [3.05, 3.63) is 42.1 Å². The molecule has 1 fully saturated rings. The largest absolute Gasteiger partial charge is 0.497 e. The van der Waals surface area contributed by atoms with Crippen molar-refractivity contribution in [1.29, 1.82) is 0 Å². The van der Waals surface area contributed by atoms with E-state index in [1.165, 1.54) is 5.69 Å². The second-order valence-corrected chi connectivity index (χ2v) is 8.21. The van der Waals surface area contributed by atoms with Gasteiger partial charge in [-0.1, -0.05) is 20.8 Å². The molecule has 166 valence electrons. The highest BCUT2D eigenvalue weighted by molar-refractivity contribution is 14.0. The summed E-state index contributed by atoms with van der Waals surface area (Å²) in [4.78, 5) is 13.8. The third-order valence-electron chi connectivity index (χ3n) is 5.01. The van der Waals surface area contributed by atoms with Gasteiger partial charge in [0, 0.05) is 43.8 Å². The Kier molecular flexibility index (Phi) is 8.81. The molecule has 2 aromatic rings. The Morgan fingerprint density at radius 3 is 2.37 bits per heavy atom. The summed E-state index contributed by atoms with van der Waals surface area (Å²) in [6.07, 6.45) is 1.81. The van der Waals surface area contributed by atoms with Gasteiger partial charge in [0.15, 0.2) is 5.96 Å². The molecule has 0 atom stereocenters. The highest BCUT2D eigenvalue weighted by Gasteiger charge is 2.21. The lowest BCUT2D eigenvalue weighted by atomic mass is 9.94. The molecule has 1 aromatic heterocycles. The van der Waals surface area contributed by atoms with Crippen molar-refractivity contribution in [2.75, 3.05) is 44.7 Å². The minimum atomic E-state index is -0.0444. The van der Waals surface area contributed by atoms with Crippen LogP contribution in [-0.2, 0) is 12.0 Å². The Bertz CT molecular complexity index is 806. The van der Waals surface area contributed by atoms with Gasteiger partial charge < -0.3 is 24.3 Å². The number of piperazine rings is 1. The van der Waals surface area contributed by atoms with Crippen LogP contribution in [0.1, 0.15) is 39.3 Å². The Morgan fingerprint density at radius 1 is 1.17 bits per heavy atom. The number of benzene rings is 1. The predicted molar refractivity (Wildman–Crippen MR) is 132 cm³/mol. The Morgan fingerprint density at radius 2 is 1.83 bits per heavy atom. The van der Waals surface area contributed by atoms with Gasteiger partial charge in [0.1, 0.15) is 18.1 Å². The highest BCUT2D eigenvalue weighted by atomic mass is 127. The highest BCUT2D eigenvalue weighted by Crippen LogP contribution is 2.23. The standard InChI is InChI=1S/C22H33N5O2.HI/c1-6-23-21(25-16-20-24-15-19(29-20)22(2,3)4)27-13-11-26(12-14-27)17-7-9-18(28-5)10-8-17;/h7-10,15H,6,11-14,16H2,1-5H3,(H,23,25);1H. The molecule has 1 saturated heterocycles. The van der Waals surface area contributed by atoms with Gasteiger partial charge >= 0.3 is 0 Å². The maximum Gasteiger partial charge on any atom is 0.216 e. The third-order valence-corrected chi connectivity index (χ3v) is 5.01. The normalized spacial score (nSPS) is 15.0. The van der Waals surface area contributed by atoms with E-state index in [-0.39, 0.29) is 29.4 Å². The molecule has 0 aliphatic carbocycles. The van der Waals surface area contributed by atoms with Gasteiger partial charge in [-0.3, -0.25) is 0 Å². The first kappa shape index (κ1) is 24.3. The zero-order valence-corrected chi connectivity index (χ0v) is 21.0. The summed E-state index contributed by atoms with van der Waals surface area (Å²) in [7, 11) is 1.69. The molecule has 1 N–H and O–H groups in total. The van der Waals surface area contributed by atoms with Crippen LogP contribution in [0.25, 0.3) is 0 Å². The lowest BCUT2D eigenvalue weighted by Crippen LogP contribution is -2.52. The van der Waals surface area contributed by atoms with E-state index >= 15 is 0 Å². The van der Waals surface area contributed by atoms with Gasteiger partial charge in [0.2, 0.25) is 5.89 Å². The molecule has 1 aliphatic heterocycles. The third kappa shape index (κ3) is 6.26. The molecule has 3 rings (SSSR count). The van der Waals surface area contributed by atoms with E-state index in [1.807, 2.05) is 18.3 Å². The first-order valence-corrected chi connectivity index (χ1v) is 10.3. The average Bonchev–Trinajstić information content (AvgIpc) is 3.21. The van der Waals surface area contributed by atoms with Gasteiger partial charge in [0.05, 0.1) is 13.3 Å². The molecule has 2 heterocycles. The van der Waals surface area contributed by atoms with Crippen LogP contribution < -0.4 is 15.0 Å². The Labute approximate surface area is 196 Å². The van der Waals surface area contributed by atoms with Crippen LogP contribution in [0, 0.1) is 0 Å². The van der Waals surface area contributed by atoms with Crippen LogP contribution in [0.2, 0.25) is 0 Å². The van der Waals surface area contributed by atoms with Crippen LogP contribution in [0.15, 0.2) is 39.9 Å². The summed E-state index contributed by atoms with van der Waals surface area (Å²) in [6.45, 7) is 13.4. The fraction of sp³-hybridized carbons (Fsp3) is 0.545. The Balaban J connectivity index is 0.00000320. The molecule has 30 heavy (non-hydrogen) atoms. The van der Waals surface area contributed by atoms with E-state index in [2.05, 4.69) is 59.9 Å². The second-order valence-electron chi connectivity index (χ2n) is 8.21. The van der Waals surface area contributed by atoms with E-state index in [1.54, 1.807) is 7.11 Å². The number of aliphatic imine (C=N–C) groups is 1. The molecule has 1 aliphatic rings. The zero-order valence-electron chi connectivity index (χ0n) is 18.6. The first-order valence-electron chi connectivity index (χ1n) is 10.3. The average molecular weight is 527 g/mol. The lowest BCUT2D eigenvalue weighted by molar-refractivity contribution is 0.367. The molecule has 0 amide bonds. The zero-order chi connectivity index (χ0) is 20.9. The topological polar surface area (TPSA) is 66.1 Å². The van der Waals surface area contributed by atoms with E-state index in [0.717, 1.165) is 50.2 Å². The molecular weight excluding hydrogens is 493 g/mol. The quantitative estimate of drug-likeness (QED) is 0.362. The predicted octanol–water partition coefficient (Wildman–Crippen LogP) is 3.89. The first-order chi connectivity index (χ1) is 13.9. The number of hydrogen-bond acceptors (Lipinski definition) is 5. The van der Waals surface area contributed by atoms with Crippen molar-refractivity contribution in [2.45, 2.75) is 39.7 Å². The maximum absolute atomic E-state index is 5.87. The summed E-state index contributed by atoms with van der Waals surface area (Å²) < 4.78 is 11.1. The number of anilines is 1. The van der Waals surface area contributed by atoms with Crippen molar-refractivity contribution in [1.82, 2.24) is 15.2 Å². The van der Waals surface area contributed by atoms with E-state index in [9.17, 15) is 0 Å². The van der Waals surface area contributed by atoms with Crippen molar-refractivity contribution in [2.24, 2.45) is 4.99 Å². The van der Waals surface area contributed by atoms with Gasteiger partial charge in [-0.05, 0) is 31.2 Å². The van der Waals surface area contributed by atoms with Crippen molar-refractivity contribution < 1.29 is 9.15 Å². The molecule has 8 heteroatoms. The summed E-state index contributed by atoms with van der Waals surface area (Å²) >= 11 is 0. The number of halogens is 1. The van der Waals surface area contributed by atoms with Crippen LogP contribution in [0.5, 0.6) is 5.75 Å². The SMILES string of the molecule is CCNC(=NCc1ncc(C(C)(C)C)o1)N1CCN(c2ccc(OC)cc2)CC1.I. The van der Waals surface area contributed by atoms with Gasteiger partial charge in [-0.25, -0.2) is 9.98 Å². The monoisotopic (exact) mass is 527 g/mol. The summed E-state index contributed by atoms with van der Waals surface area (Å²) in [5.41, 5.74) is 1.18. The van der Waals surface area contributed by atoms with Gasteiger partial charge in [0.25, 0.3) is 0 Å². The number of oxazole rings is 1. The van der Waals surface area contributed by atoms with Crippen molar-refractivity contribution >= 4 is 35.6 Å². The number of ether oxygens (including phenoxy) is 1. The molecule has 0 unspecified atom stereocenters. The van der Waals surface area contributed by atoms with Crippen LogP contribution in [-0.4, -0.2) is 55.7 Å². The molecule has 7 nitrogen and oxygen atoms in total. The van der Waals surface area contributed by atoms with Crippen LogP contribution in [0.4, 0.5) is 5.69 Å².